The van der Waals surface area contributed by atoms with E-state index in [4.69, 9.17) is 0 Å². The number of nitrogens with zero attached hydrogens (tertiary/aromatic N) is 2. The molecule has 0 bridgehead atoms. The second-order valence-corrected chi connectivity index (χ2v) is 6.72. The van der Waals surface area contributed by atoms with E-state index in [1.807, 2.05) is 7.05 Å². The van der Waals surface area contributed by atoms with Crippen LogP contribution in [0.4, 0.5) is 0 Å². The fourth-order valence-corrected chi connectivity index (χ4v) is 3.10. The Hall–Kier alpha value is -1.81. The number of nitrogens with one attached hydrogen (secondary N) is 2. The molecule has 2 N–H and O–H groups in total. The number of hydrogen-bond donors (Lipinski definition) is 2. The van der Waals surface area contributed by atoms with Crippen LogP contribution < -0.4 is 10.6 Å². The van der Waals surface area contributed by atoms with E-state index in [2.05, 4.69) is 65.0 Å². The second kappa shape index (κ2) is 10.1. The van der Waals surface area contributed by atoms with Crippen LogP contribution in [0, 0.1) is 0 Å². The van der Waals surface area contributed by atoms with Gasteiger partial charge in [0.15, 0.2) is 5.96 Å². The van der Waals surface area contributed by atoms with Gasteiger partial charge in [0.2, 0.25) is 0 Å². The quantitative estimate of drug-likeness (QED) is 0.458. The fraction of sp³-hybridized carbons (Fsp3) is 0.550. The third kappa shape index (κ3) is 6.36. The molecule has 2 rings (SSSR count). The van der Waals surface area contributed by atoms with E-state index in [-0.39, 0.29) is 0 Å². The summed E-state index contributed by atoms with van der Waals surface area (Å²) in [6.45, 7) is 2.70. The molecule has 0 atom stereocenters. The maximum absolute atomic E-state index is 4.34. The Morgan fingerprint density at radius 1 is 1.12 bits per heavy atom. The molecule has 1 aliphatic rings. The van der Waals surface area contributed by atoms with Gasteiger partial charge in [-0.1, -0.05) is 35.9 Å². The minimum atomic E-state index is 0.798. The van der Waals surface area contributed by atoms with Gasteiger partial charge in [-0.05, 0) is 57.3 Å². The largest absolute Gasteiger partial charge is 0.356 e. The minimum absolute atomic E-state index is 0.798. The van der Waals surface area contributed by atoms with Gasteiger partial charge in [-0.15, -0.1) is 0 Å². The Labute approximate surface area is 147 Å². The smallest absolute Gasteiger partial charge is 0.191 e. The Morgan fingerprint density at radius 2 is 1.92 bits per heavy atom. The highest BCUT2D eigenvalue weighted by molar-refractivity contribution is 5.79. The van der Waals surface area contributed by atoms with Crippen LogP contribution in [0.3, 0.4) is 0 Å². The van der Waals surface area contributed by atoms with Crippen LogP contribution in [0.5, 0.6) is 0 Å². The molecule has 132 valence electrons. The molecule has 1 aliphatic carbocycles. The highest BCUT2D eigenvalue weighted by Gasteiger charge is 2.06. The first kappa shape index (κ1) is 18.5. The summed E-state index contributed by atoms with van der Waals surface area (Å²) in [6.07, 6.45) is 8.77. The van der Waals surface area contributed by atoms with Gasteiger partial charge >= 0.3 is 0 Å². The van der Waals surface area contributed by atoms with Gasteiger partial charge in [0.05, 0.1) is 0 Å². The van der Waals surface area contributed by atoms with Crippen molar-refractivity contribution in [2.75, 3.05) is 27.7 Å². The van der Waals surface area contributed by atoms with Crippen molar-refractivity contribution in [2.45, 2.75) is 45.2 Å². The highest BCUT2D eigenvalue weighted by Crippen LogP contribution is 2.19. The molecule has 1 aromatic rings. The first-order valence-corrected chi connectivity index (χ1v) is 9.03. The van der Waals surface area contributed by atoms with E-state index in [9.17, 15) is 0 Å². The predicted octanol–water partition coefficient (Wildman–Crippen LogP) is 3.30. The van der Waals surface area contributed by atoms with Gasteiger partial charge in [-0.3, -0.25) is 4.99 Å². The van der Waals surface area contributed by atoms with Gasteiger partial charge in [0.25, 0.3) is 0 Å². The number of benzene rings is 1. The lowest BCUT2D eigenvalue weighted by atomic mass is 9.97. The predicted molar refractivity (Wildman–Crippen MR) is 103 cm³/mol. The van der Waals surface area contributed by atoms with Crippen molar-refractivity contribution in [3.63, 3.8) is 0 Å². The summed E-state index contributed by atoms with van der Waals surface area (Å²) in [5.41, 5.74) is 4.28. The molecule has 0 saturated carbocycles. The molecule has 4 nitrogen and oxygen atoms in total. The zero-order chi connectivity index (χ0) is 17.2. The van der Waals surface area contributed by atoms with Crippen LogP contribution in [-0.4, -0.2) is 38.5 Å². The zero-order valence-corrected chi connectivity index (χ0v) is 15.4. The third-order valence-corrected chi connectivity index (χ3v) is 4.40. The standard InChI is InChI=1S/C20H32N4/c1-21-20(22-14-13-17-9-5-4-6-10-17)23-15-18-11-7-8-12-19(18)16-24(2)3/h7-9,11-12H,4-6,10,13-16H2,1-3H3,(H2,21,22,23). The summed E-state index contributed by atoms with van der Waals surface area (Å²) in [5, 5.41) is 6.87. The van der Waals surface area contributed by atoms with Crippen LogP contribution in [0.15, 0.2) is 40.9 Å². The van der Waals surface area contributed by atoms with Crippen LogP contribution in [0.1, 0.15) is 43.2 Å². The summed E-state index contributed by atoms with van der Waals surface area (Å²) in [5.74, 6) is 0.881. The van der Waals surface area contributed by atoms with Crippen molar-refractivity contribution in [3.8, 4) is 0 Å². The number of allylic oxidation sites excluding steroid dienone is 1. The lowest BCUT2D eigenvalue weighted by Gasteiger charge is -2.17. The molecular formula is C20H32N4. The van der Waals surface area contributed by atoms with Crippen molar-refractivity contribution in [2.24, 2.45) is 4.99 Å². The lowest BCUT2D eigenvalue weighted by molar-refractivity contribution is 0.400. The molecule has 0 amide bonds. The van der Waals surface area contributed by atoms with E-state index in [0.717, 1.165) is 32.0 Å². The van der Waals surface area contributed by atoms with Crippen molar-refractivity contribution in [3.05, 3.63) is 47.0 Å². The number of guanidine groups is 1. The molecule has 0 aliphatic heterocycles. The molecule has 0 saturated heterocycles. The molecular weight excluding hydrogens is 296 g/mol. The SMILES string of the molecule is CN=C(NCCC1=CCCCC1)NCc1ccccc1CN(C)C. The Bertz CT molecular complexity index is 561. The summed E-state index contributed by atoms with van der Waals surface area (Å²) in [7, 11) is 6.04. The van der Waals surface area contributed by atoms with Crippen LogP contribution in [0.2, 0.25) is 0 Å². The second-order valence-electron chi connectivity index (χ2n) is 6.72. The fourth-order valence-electron chi connectivity index (χ4n) is 3.10. The van der Waals surface area contributed by atoms with Crippen LogP contribution in [-0.2, 0) is 13.1 Å². The van der Waals surface area contributed by atoms with Gasteiger partial charge < -0.3 is 15.5 Å². The normalized spacial score (nSPS) is 15.3. The molecule has 0 spiro atoms. The van der Waals surface area contributed by atoms with E-state index < -0.39 is 0 Å². The molecule has 0 radical (unpaired) electrons. The van der Waals surface area contributed by atoms with E-state index in [0.29, 0.717) is 0 Å². The van der Waals surface area contributed by atoms with E-state index in [1.165, 1.54) is 36.8 Å². The summed E-state index contributed by atoms with van der Waals surface area (Å²) in [4.78, 5) is 6.54. The molecule has 24 heavy (non-hydrogen) atoms. The topological polar surface area (TPSA) is 39.7 Å². The van der Waals surface area contributed by atoms with Crippen molar-refractivity contribution >= 4 is 5.96 Å². The zero-order valence-electron chi connectivity index (χ0n) is 15.4. The average molecular weight is 329 g/mol. The van der Waals surface area contributed by atoms with E-state index >= 15 is 0 Å². The van der Waals surface area contributed by atoms with Crippen LogP contribution in [0.25, 0.3) is 0 Å². The van der Waals surface area contributed by atoms with Crippen molar-refractivity contribution in [1.82, 2.24) is 15.5 Å². The third-order valence-electron chi connectivity index (χ3n) is 4.40. The first-order valence-electron chi connectivity index (χ1n) is 9.03. The number of hydrogen-bond acceptors (Lipinski definition) is 2. The Kier molecular flexibility index (Phi) is 7.83. The molecule has 0 aromatic heterocycles. The highest BCUT2D eigenvalue weighted by atomic mass is 15.2. The summed E-state index contributed by atoms with van der Waals surface area (Å²) < 4.78 is 0. The Balaban J connectivity index is 1.80. The summed E-state index contributed by atoms with van der Waals surface area (Å²) in [6, 6.07) is 8.59. The number of aliphatic imine (C=N–C) groups is 1. The van der Waals surface area contributed by atoms with Gasteiger partial charge in [-0.25, -0.2) is 0 Å². The first-order chi connectivity index (χ1) is 11.7. The molecule has 0 heterocycles. The average Bonchev–Trinajstić information content (AvgIpc) is 2.59. The summed E-state index contributed by atoms with van der Waals surface area (Å²) >= 11 is 0. The van der Waals surface area contributed by atoms with Crippen molar-refractivity contribution < 1.29 is 0 Å². The van der Waals surface area contributed by atoms with Crippen molar-refractivity contribution in [1.29, 1.82) is 0 Å². The molecule has 0 fully saturated rings. The van der Waals surface area contributed by atoms with Gasteiger partial charge in [0, 0.05) is 26.7 Å². The molecule has 0 unspecified atom stereocenters. The minimum Gasteiger partial charge on any atom is -0.356 e. The lowest BCUT2D eigenvalue weighted by Crippen LogP contribution is -2.37. The van der Waals surface area contributed by atoms with Crippen LogP contribution >= 0.6 is 0 Å². The van der Waals surface area contributed by atoms with Gasteiger partial charge in [0.1, 0.15) is 0 Å². The monoisotopic (exact) mass is 328 g/mol. The maximum Gasteiger partial charge on any atom is 0.191 e. The maximum atomic E-state index is 4.34. The Morgan fingerprint density at radius 3 is 2.58 bits per heavy atom. The molecule has 4 heteroatoms. The number of rotatable bonds is 7. The molecule has 1 aromatic carbocycles. The van der Waals surface area contributed by atoms with E-state index in [1.54, 1.807) is 5.57 Å². The van der Waals surface area contributed by atoms with Gasteiger partial charge in [-0.2, -0.15) is 0 Å².